The number of halogens is 1. The third-order valence-corrected chi connectivity index (χ3v) is 4.88. The molecule has 7 heteroatoms. The molecule has 1 aromatic carbocycles. The van der Waals surface area contributed by atoms with Crippen LogP contribution in [0, 0.1) is 0 Å². The maximum absolute atomic E-state index is 9.36. The quantitative estimate of drug-likeness (QED) is 0.688. The number of fused-ring (bicyclic) bond motifs is 1. The van der Waals surface area contributed by atoms with Crippen LogP contribution in [0.3, 0.4) is 0 Å². The van der Waals surface area contributed by atoms with Gasteiger partial charge >= 0.3 is 0 Å². The first kappa shape index (κ1) is 16.2. The van der Waals surface area contributed by atoms with Gasteiger partial charge in [-0.15, -0.1) is 10.2 Å². The Morgan fingerprint density at radius 2 is 2.13 bits per heavy atom. The molecule has 0 aliphatic rings. The van der Waals surface area contributed by atoms with E-state index in [2.05, 4.69) is 22.1 Å². The van der Waals surface area contributed by atoms with Gasteiger partial charge in [-0.05, 0) is 30.2 Å². The van der Waals surface area contributed by atoms with Crippen molar-refractivity contribution in [2.45, 2.75) is 37.4 Å². The highest BCUT2D eigenvalue weighted by molar-refractivity contribution is 7.98. The van der Waals surface area contributed by atoms with E-state index in [4.69, 9.17) is 11.6 Å². The Bertz CT molecular complexity index is 821. The molecule has 0 bridgehead atoms. The van der Waals surface area contributed by atoms with Crippen molar-refractivity contribution < 1.29 is 5.11 Å². The maximum Gasteiger partial charge on any atom is 0.191 e. The summed E-state index contributed by atoms with van der Waals surface area (Å²) in [4.78, 5) is 4.45. The number of hydrogen-bond acceptors (Lipinski definition) is 5. The Kier molecular flexibility index (Phi) is 5.15. The Morgan fingerprint density at radius 1 is 1.26 bits per heavy atom. The number of pyridine rings is 1. The molecule has 3 aromatic rings. The normalized spacial score (nSPS) is 11.3. The van der Waals surface area contributed by atoms with Crippen molar-refractivity contribution in [1.82, 2.24) is 19.7 Å². The number of aliphatic hydroxyl groups excluding tert-OH is 1. The van der Waals surface area contributed by atoms with Crippen molar-refractivity contribution in [3.8, 4) is 0 Å². The maximum atomic E-state index is 9.36. The average Bonchev–Trinajstić information content (AvgIpc) is 2.97. The molecule has 3 rings (SSSR count). The summed E-state index contributed by atoms with van der Waals surface area (Å²) in [6, 6.07) is 7.76. The minimum Gasteiger partial charge on any atom is -0.388 e. The van der Waals surface area contributed by atoms with Crippen LogP contribution in [-0.2, 0) is 18.9 Å². The van der Waals surface area contributed by atoms with Crippen LogP contribution in [0.1, 0.15) is 24.7 Å². The summed E-state index contributed by atoms with van der Waals surface area (Å²) in [5, 5.41) is 20.1. The standard InChI is InChI=1S/C16H17ClN4OS/c1-2-8-21-14(9-22)19-20-16(21)23-10-11-5-6-13(17)12-4-3-7-18-15(11)12/h3-7,22H,2,8-10H2,1H3. The molecule has 5 nitrogen and oxygen atoms in total. The van der Waals surface area contributed by atoms with Gasteiger partial charge in [0.05, 0.1) is 5.52 Å². The van der Waals surface area contributed by atoms with Crippen LogP contribution < -0.4 is 0 Å². The third kappa shape index (κ3) is 3.34. The number of benzene rings is 1. The van der Waals surface area contributed by atoms with Crippen LogP contribution in [0.25, 0.3) is 10.9 Å². The summed E-state index contributed by atoms with van der Waals surface area (Å²) in [6.45, 7) is 2.79. The fourth-order valence-electron chi connectivity index (χ4n) is 2.45. The third-order valence-electron chi connectivity index (χ3n) is 3.54. The molecule has 23 heavy (non-hydrogen) atoms. The molecule has 0 saturated heterocycles. The second-order valence-electron chi connectivity index (χ2n) is 5.10. The van der Waals surface area contributed by atoms with Crippen LogP contribution in [0.5, 0.6) is 0 Å². The molecule has 0 radical (unpaired) electrons. The Morgan fingerprint density at radius 3 is 2.91 bits per heavy atom. The van der Waals surface area contributed by atoms with Crippen molar-refractivity contribution in [2.24, 2.45) is 0 Å². The van der Waals surface area contributed by atoms with E-state index < -0.39 is 0 Å². The Hall–Kier alpha value is -1.63. The van der Waals surface area contributed by atoms with Gasteiger partial charge < -0.3 is 9.67 Å². The van der Waals surface area contributed by atoms with Crippen LogP contribution in [0.4, 0.5) is 0 Å². The van der Waals surface area contributed by atoms with Crippen LogP contribution in [-0.4, -0.2) is 24.9 Å². The van der Waals surface area contributed by atoms with Gasteiger partial charge in [-0.2, -0.15) is 0 Å². The zero-order chi connectivity index (χ0) is 16.2. The molecule has 2 aromatic heterocycles. The van der Waals surface area contributed by atoms with Crippen molar-refractivity contribution in [3.05, 3.63) is 46.9 Å². The lowest BCUT2D eigenvalue weighted by Gasteiger charge is -2.09. The van der Waals surface area contributed by atoms with E-state index in [9.17, 15) is 5.11 Å². The molecule has 0 saturated carbocycles. The molecule has 2 heterocycles. The first-order valence-corrected chi connectivity index (χ1v) is 8.78. The van der Waals surface area contributed by atoms with E-state index >= 15 is 0 Å². The molecule has 0 aliphatic carbocycles. The zero-order valence-electron chi connectivity index (χ0n) is 12.7. The number of nitrogens with zero attached hydrogens (tertiary/aromatic N) is 4. The van der Waals surface area contributed by atoms with E-state index in [0.29, 0.717) is 10.8 Å². The summed E-state index contributed by atoms with van der Waals surface area (Å²) in [6.07, 6.45) is 2.74. The van der Waals surface area contributed by atoms with E-state index in [1.54, 1.807) is 18.0 Å². The minimum atomic E-state index is -0.0982. The van der Waals surface area contributed by atoms with E-state index in [1.165, 1.54) is 0 Å². The van der Waals surface area contributed by atoms with Gasteiger partial charge in [0.2, 0.25) is 0 Å². The molecule has 0 unspecified atom stereocenters. The van der Waals surface area contributed by atoms with Crippen LogP contribution in [0.2, 0.25) is 5.02 Å². The van der Waals surface area contributed by atoms with E-state index in [-0.39, 0.29) is 6.61 Å². The van der Waals surface area contributed by atoms with Gasteiger partial charge in [-0.1, -0.05) is 36.4 Å². The highest BCUT2D eigenvalue weighted by Crippen LogP contribution is 2.29. The topological polar surface area (TPSA) is 63.8 Å². The number of hydrogen-bond donors (Lipinski definition) is 1. The first-order chi connectivity index (χ1) is 11.2. The predicted octanol–water partition coefficient (Wildman–Crippen LogP) is 3.67. The number of aromatic nitrogens is 4. The molecule has 120 valence electrons. The number of rotatable bonds is 6. The van der Waals surface area contributed by atoms with Crippen LogP contribution in [0.15, 0.2) is 35.6 Å². The fraction of sp³-hybridized carbons (Fsp3) is 0.312. The Labute approximate surface area is 143 Å². The molecule has 0 atom stereocenters. The largest absolute Gasteiger partial charge is 0.388 e. The highest BCUT2D eigenvalue weighted by atomic mass is 35.5. The van der Waals surface area contributed by atoms with Gasteiger partial charge in [0, 0.05) is 28.9 Å². The van der Waals surface area contributed by atoms with E-state index in [1.807, 2.05) is 28.8 Å². The lowest BCUT2D eigenvalue weighted by molar-refractivity contribution is 0.263. The average molecular weight is 349 g/mol. The summed E-state index contributed by atoms with van der Waals surface area (Å²) in [7, 11) is 0. The molecule has 0 amide bonds. The smallest absolute Gasteiger partial charge is 0.191 e. The summed E-state index contributed by atoms with van der Waals surface area (Å²) >= 11 is 7.83. The lowest BCUT2D eigenvalue weighted by Crippen LogP contribution is -2.04. The Balaban J connectivity index is 1.87. The van der Waals surface area contributed by atoms with E-state index in [0.717, 1.165) is 40.3 Å². The van der Waals surface area contributed by atoms with Crippen molar-refractivity contribution in [1.29, 1.82) is 0 Å². The summed E-state index contributed by atoms with van der Waals surface area (Å²) in [5.41, 5.74) is 2.02. The fourth-order valence-corrected chi connectivity index (χ4v) is 3.63. The zero-order valence-corrected chi connectivity index (χ0v) is 14.3. The molecule has 1 N–H and O–H groups in total. The highest BCUT2D eigenvalue weighted by Gasteiger charge is 2.13. The SMILES string of the molecule is CCCn1c(CO)nnc1SCc1ccc(Cl)c2cccnc12. The van der Waals surface area contributed by atoms with Gasteiger partial charge in [0.1, 0.15) is 6.61 Å². The molecule has 0 aliphatic heterocycles. The molecular weight excluding hydrogens is 332 g/mol. The summed E-state index contributed by atoms with van der Waals surface area (Å²) in [5.74, 6) is 1.33. The molecule has 0 fully saturated rings. The summed E-state index contributed by atoms with van der Waals surface area (Å²) < 4.78 is 1.97. The minimum absolute atomic E-state index is 0.0982. The van der Waals surface area contributed by atoms with Gasteiger partial charge in [-0.25, -0.2) is 0 Å². The van der Waals surface area contributed by atoms with Gasteiger partial charge in [0.25, 0.3) is 0 Å². The predicted molar refractivity (Wildman–Crippen MR) is 92.5 cm³/mol. The molecular formula is C16H17ClN4OS. The van der Waals surface area contributed by atoms with Crippen molar-refractivity contribution >= 4 is 34.3 Å². The van der Waals surface area contributed by atoms with Gasteiger partial charge in [-0.3, -0.25) is 4.98 Å². The first-order valence-electron chi connectivity index (χ1n) is 7.42. The van der Waals surface area contributed by atoms with Crippen molar-refractivity contribution in [2.75, 3.05) is 0 Å². The van der Waals surface area contributed by atoms with Crippen molar-refractivity contribution in [3.63, 3.8) is 0 Å². The number of thioether (sulfide) groups is 1. The van der Waals surface area contributed by atoms with Gasteiger partial charge in [0.15, 0.2) is 11.0 Å². The molecule has 0 spiro atoms. The van der Waals surface area contributed by atoms with Crippen LogP contribution >= 0.6 is 23.4 Å². The monoisotopic (exact) mass is 348 g/mol. The number of aliphatic hydroxyl groups is 1. The lowest BCUT2D eigenvalue weighted by atomic mass is 10.1. The second-order valence-corrected chi connectivity index (χ2v) is 6.45. The second kappa shape index (κ2) is 7.29.